The van der Waals surface area contributed by atoms with E-state index in [-0.39, 0.29) is 11.9 Å². The second-order valence-electron chi connectivity index (χ2n) is 5.87. The molecule has 1 aliphatic rings. The number of hydrogen-bond acceptors (Lipinski definition) is 4. The van der Waals surface area contributed by atoms with Crippen molar-refractivity contribution in [2.24, 2.45) is 0 Å². The third kappa shape index (κ3) is 4.12. The number of hydrogen-bond donors (Lipinski definition) is 1. The Morgan fingerprint density at radius 1 is 1.15 bits per heavy atom. The molecule has 0 aliphatic carbocycles. The van der Waals surface area contributed by atoms with Gasteiger partial charge in [-0.1, -0.05) is 15.9 Å². The molecule has 1 unspecified atom stereocenters. The predicted octanol–water partition coefficient (Wildman–Crippen LogP) is 4.50. The van der Waals surface area contributed by atoms with Crippen LogP contribution in [0.2, 0.25) is 0 Å². The Morgan fingerprint density at radius 3 is 2.69 bits per heavy atom. The molecular formula is C20H22BrNO4. The molecule has 0 radical (unpaired) electrons. The zero-order valence-electron chi connectivity index (χ0n) is 14.9. The van der Waals surface area contributed by atoms with Crippen LogP contribution in [-0.2, 0) is 0 Å². The van der Waals surface area contributed by atoms with Crippen LogP contribution in [0.15, 0.2) is 40.9 Å². The van der Waals surface area contributed by atoms with Crippen LogP contribution in [0.3, 0.4) is 0 Å². The van der Waals surface area contributed by atoms with Crippen LogP contribution in [-0.4, -0.2) is 25.7 Å². The summed E-state index contributed by atoms with van der Waals surface area (Å²) >= 11 is 3.48. The highest BCUT2D eigenvalue weighted by Gasteiger charge is 2.24. The van der Waals surface area contributed by atoms with Crippen molar-refractivity contribution < 1.29 is 19.0 Å². The first-order valence-electron chi connectivity index (χ1n) is 8.75. The maximum atomic E-state index is 12.8. The first kappa shape index (κ1) is 18.6. The molecule has 0 fully saturated rings. The van der Waals surface area contributed by atoms with E-state index in [1.54, 1.807) is 18.2 Å². The Hall–Kier alpha value is -2.21. The van der Waals surface area contributed by atoms with Crippen molar-refractivity contribution in [2.45, 2.75) is 26.3 Å². The predicted molar refractivity (Wildman–Crippen MR) is 103 cm³/mol. The molecular weight excluding hydrogens is 398 g/mol. The molecule has 2 aromatic rings. The summed E-state index contributed by atoms with van der Waals surface area (Å²) in [6.07, 6.45) is 0.727. The first-order chi connectivity index (χ1) is 12.6. The summed E-state index contributed by atoms with van der Waals surface area (Å²) in [6.45, 7) is 5.44. The lowest BCUT2D eigenvalue weighted by Crippen LogP contribution is -2.32. The number of rotatable bonds is 6. The summed E-state index contributed by atoms with van der Waals surface area (Å²) in [5.74, 6) is 1.89. The average molecular weight is 420 g/mol. The zero-order chi connectivity index (χ0) is 18.5. The van der Waals surface area contributed by atoms with Gasteiger partial charge in [0, 0.05) is 22.0 Å². The lowest BCUT2D eigenvalue weighted by molar-refractivity contribution is 0.0924. The topological polar surface area (TPSA) is 56.8 Å². The van der Waals surface area contributed by atoms with Crippen LogP contribution in [0.4, 0.5) is 0 Å². The molecule has 6 heteroatoms. The molecule has 1 amide bonds. The van der Waals surface area contributed by atoms with Crippen LogP contribution in [0, 0.1) is 0 Å². The fourth-order valence-corrected chi connectivity index (χ4v) is 3.33. The van der Waals surface area contributed by atoms with Crippen LogP contribution in [0.1, 0.15) is 42.2 Å². The van der Waals surface area contributed by atoms with Gasteiger partial charge >= 0.3 is 0 Å². The van der Waals surface area contributed by atoms with Gasteiger partial charge in [-0.05, 0) is 50.2 Å². The van der Waals surface area contributed by atoms with E-state index in [1.165, 1.54) is 0 Å². The van der Waals surface area contributed by atoms with Crippen LogP contribution in [0.5, 0.6) is 17.2 Å². The summed E-state index contributed by atoms with van der Waals surface area (Å²) in [5, 5.41) is 3.10. The first-order valence-corrected chi connectivity index (χ1v) is 9.54. The fourth-order valence-electron chi connectivity index (χ4n) is 2.95. The average Bonchev–Trinajstić information content (AvgIpc) is 2.64. The Labute approximate surface area is 161 Å². The van der Waals surface area contributed by atoms with E-state index in [4.69, 9.17) is 14.2 Å². The van der Waals surface area contributed by atoms with Gasteiger partial charge in [-0.2, -0.15) is 0 Å². The number of carbonyl (C=O) groups is 1. The van der Waals surface area contributed by atoms with E-state index in [1.807, 2.05) is 32.0 Å². The molecule has 1 N–H and O–H groups in total. The Balaban J connectivity index is 1.81. The number of amides is 1. The van der Waals surface area contributed by atoms with Gasteiger partial charge in [0.2, 0.25) is 0 Å². The minimum atomic E-state index is -0.146. The molecule has 1 heterocycles. The number of nitrogens with one attached hydrogen (secondary N) is 1. The second-order valence-corrected chi connectivity index (χ2v) is 6.79. The summed E-state index contributed by atoms with van der Waals surface area (Å²) in [6, 6.07) is 11.0. The summed E-state index contributed by atoms with van der Waals surface area (Å²) in [5.41, 5.74) is 1.52. The quantitative estimate of drug-likeness (QED) is 0.748. The number of halogens is 1. The zero-order valence-corrected chi connectivity index (χ0v) is 16.5. The van der Waals surface area contributed by atoms with Gasteiger partial charge in [0.1, 0.15) is 5.75 Å². The largest absolute Gasteiger partial charge is 0.493 e. The molecule has 0 saturated heterocycles. The van der Waals surface area contributed by atoms with Crippen molar-refractivity contribution in [3.63, 3.8) is 0 Å². The molecule has 3 rings (SSSR count). The summed E-state index contributed by atoms with van der Waals surface area (Å²) < 4.78 is 17.8. The van der Waals surface area contributed by atoms with E-state index in [0.29, 0.717) is 36.9 Å². The minimum absolute atomic E-state index is 0.0918. The van der Waals surface area contributed by atoms with Gasteiger partial charge in [-0.3, -0.25) is 4.79 Å². The molecule has 0 saturated carbocycles. The molecule has 2 aromatic carbocycles. The molecule has 138 valence electrons. The maximum absolute atomic E-state index is 12.8. The van der Waals surface area contributed by atoms with Crippen molar-refractivity contribution in [1.82, 2.24) is 5.32 Å². The highest BCUT2D eigenvalue weighted by molar-refractivity contribution is 9.10. The van der Waals surface area contributed by atoms with Gasteiger partial charge < -0.3 is 19.5 Å². The molecule has 1 aliphatic heterocycles. The minimum Gasteiger partial charge on any atom is -0.493 e. The third-order valence-corrected chi connectivity index (χ3v) is 4.62. The molecule has 5 nitrogen and oxygen atoms in total. The van der Waals surface area contributed by atoms with E-state index in [9.17, 15) is 4.79 Å². The van der Waals surface area contributed by atoms with Gasteiger partial charge in [-0.15, -0.1) is 0 Å². The lowest BCUT2D eigenvalue weighted by Gasteiger charge is -2.27. The van der Waals surface area contributed by atoms with Gasteiger partial charge in [-0.25, -0.2) is 0 Å². The van der Waals surface area contributed by atoms with Gasteiger partial charge in [0.05, 0.1) is 25.9 Å². The molecule has 26 heavy (non-hydrogen) atoms. The SMILES string of the molecule is CCOc1ccc(C(=O)NC2CCOc3ccc(Br)cc32)cc1OCC. The highest BCUT2D eigenvalue weighted by Crippen LogP contribution is 2.34. The number of carbonyl (C=O) groups excluding carboxylic acids is 1. The molecule has 0 aromatic heterocycles. The molecule has 0 bridgehead atoms. The normalized spacial score (nSPS) is 15.6. The van der Waals surface area contributed by atoms with Crippen molar-refractivity contribution in [3.05, 3.63) is 52.0 Å². The van der Waals surface area contributed by atoms with Crippen molar-refractivity contribution >= 4 is 21.8 Å². The van der Waals surface area contributed by atoms with E-state index < -0.39 is 0 Å². The number of fused-ring (bicyclic) bond motifs is 1. The van der Waals surface area contributed by atoms with Gasteiger partial charge in [0.25, 0.3) is 5.91 Å². The standard InChI is InChI=1S/C20H22BrNO4/c1-3-24-18-7-5-13(11-19(18)25-4-2)20(23)22-16-9-10-26-17-8-6-14(21)12-15(16)17/h5-8,11-12,16H,3-4,9-10H2,1-2H3,(H,22,23). The Bertz CT molecular complexity index is 793. The number of benzene rings is 2. The van der Waals surface area contributed by atoms with Crippen LogP contribution < -0.4 is 19.5 Å². The molecule has 1 atom stereocenters. The summed E-state index contributed by atoms with van der Waals surface area (Å²) in [7, 11) is 0. The van der Waals surface area contributed by atoms with Crippen LogP contribution >= 0.6 is 15.9 Å². The summed E-state index contributed by atoms with van der Waals surface area (Å²) in [4.78, 5) is 12.8. The monoisotopic (exact) mass is 419 g/mol. The highest BCUT2D eigenvalue weighted by atomic mass is 79.9. The van der Waals surface area contributed by atoms with Crippen molar-refractivity contribution in [2.75, 3.05) is 19.8 Å². The Morgan fingerprint density at radius 2 is 1.92 bits per heavy atom. The van der Waals surface area contributed by atoms with Crippen molar-refractivity contribution in [3.8, 4) is 17.2 Å². The Kier molecular flexibility index (Phi) is 6.04. The van der Waals surface area contributed by atoms with E-state index >= 15 is 0 Å². The lowest BCUT2D eigenvalue weighted by atomic mass is 10.00. The molecule has 0 spiro atoms. The smallest absolute Gasteiger partial charge is 0.251 e. The number of ether oxygens (including phenoxy) is 3. The maximum Gasteiger partial charge on any atom is 0.251 e. The second kappa shape index (κ2) is 8.45. The van der Waals surface area contributed by atoms with Gasteiger partial charge in [0.15, 0.2) is 11.5 Å². The van der Waals surface area contributed by atoms with Crippen LogP contribution in [0.25, 0.3) is 0 Å². The van der Waals surface area contributed by atoms with Crippen molar-refractivity contribution in [1.29, 1.82) is 0 Å². The fraction of sp³-hybridized carbons (Fsp3) is 0.350. The van der Waals surface area contributed by atoms with E-state index in [0.717, 1.165) is 22.2 Å². The third-order valence-electron chi connectivity index (χ3n) is 4.12. The van der Waals surface area contributed by atoms with E-state index in [2.05, 4.69) is 21.2 Å².